The van der Waals surface area contributed by atoms with Crippen LogP contribution in [0.3, 0.4) is 0 Å². The number of anilines is 2. The lowest BCUT2D eigenvalue weighted by Crippen LogP contribution is -2.47. The first-order chi connectivity index (χ1) is 18.2. The van der Waals surface area contributed by atoms with Crippen molar-refractivity contribution < 1.29 is 27.5 Å². The van der Waals surface area contributed by atoms with Gasteiger partial charge in [-0.1, -0.05) is 24.3 Å². The third kappa shape index (κ3) is 5.96. The summed E-state index contributed by atoms with van der Waals surface area (Å²) in [6, 6.07) is 17.7. The topological polar surface area (TPSA) is 117 Å². The van der Waals surface area contributed by atoms with E-state index in [4.69, 9.17) is 9.47 Å². The van der Waals surface area contributed by atoms with Gasteiger partial charge in [-0.15, -0.1) is 0 Å². The van der Waals surface area contributed by atoms with Gasteiger partial charge in [-0.3, -0.25) is 9.59 Å². The Hall–Kier alpha value is -3.93. The minimum Gasteiger partial charge on any atom is -0.494 e. The van der Waals surface area contributed by atoms with E-state index < -0.39 is 15.9 Å². The number of ether oxygens (including phenoxy) is 2. The van der Waals surface area contributed by atoms with Crippen LogP contribution in [0, 0.1) is 0 Å². The zero-order valence-corrected chi connectivity index (χ0v) is 22.2. The van der Waals surface area contributed by atoms with Crippen LogP contribution in [-0.2, 0) is 10.0 Å². The molecule has 10 nitrogen and oxygen atoms in total. The molecule has 2 N–H and O–H groups in total. The number of hydrogen-bond donors (Lipinski definition) is 2. The van der Waals surface area contributed by atoms with Crippen molar-refractivity contribution in [3.05, 3.63) is 77.9 Å². The van der Waals surface area contributed by atoms with Crippen molar-refractivity contribution in [2.75, 3.05) is 58.1 Å². The highest BCUT2D eigenvalue weighted by molar-refractivity contribution is 7.89. The molecule has 2 amide bonds. The van der Waals surface area contributed by atoms with Gasteiger partial charge in [0.15, 0.2) is 0 Å². The molecular weight excluding hydrogens is 508 g/mol. The van der Waals surface area contributed by atoms with E-state index in [1.54, 1.807) is 30.3 Å². The number of rotatable bonds is 8. The van der Waals surface area contributed by atoms with Gasteiger partial charge in [0, 0.05) is 49.4 Å². The maximum atomic E-state index is 13.1. The molecule has 1 saturated heterocycles. The third-order valence-electron chi connectivity index (χ3n) is 6.25. The molecule has 200 valence electrons. The van der Waals surface area contributed by atoms with Crippen molar-refractivity contribution in [1.82, 2.24) is 9.21 Å². The van der Waals surface area contributed by atoms with Crippen LogP contribution >= 0.6 is 0 Å². The van der Waals surface area contributed by atoms with E-state index in [0.717, 1.165) is 0 Å². The quantitative estimate of drug-likeness (QED) is 0.453. The molecule has 4 rings (SSSR count). The minimum absolute atomic E-state index is 0.0539. The second-order valence-corrected chi connectivity index (χ2v) is 10.7. The number of piperazine rings is 1. The Kier molecular flexibility index (Phi) is 8.30. The maximum Gasteiger partial charge on any atom is 0.255 e. The summed E-state index contributed by atoms with van der Waals surface area (Å²) in [5.74, 6) is -0.275. The van der Waals surface area contributed by atoms with Crippen molar-refractivity contribution >= 4 is 33.2 Å². The van der Waals surface area contributed by atoms with Crippen LogP contribution in [0.25, 0.3) is 0 Å². The minimum atomic E-state index is -3.74. The second-order valence-electron chi connectivity index (χ2n) is 8.76. The highest BCUT2D eigenvalue weighted by Gasteiger charge is 2.28. The fourth-order valence-electron chi connectivity index (χ4n) is 4.05. The van der Waals surface area contributed by atoms with E-state index in [-0.39, 0.29) is 22.1 Å². The van der Waals surface area contributed by atoms with Crippen LogP contribution in [0.1, 0.15) is 20.7 Å². The van der Waals surface area contributed by atoms with Crippen molar-refractivity contribution in [1.29, 1.82) is 0 Å². The molecule has 0 spiro atoms. The SMILES string of the molecule is COc1cc(NC(=O)c2cccc(S(=O)(=O)N3CCN(C)CC3)c2)c(OC)cc1NC(=O)c1ccccc1. The van der Waals surface area contributed by atoms with Gasteiger partial charge in [0.25, 0.3) is 11.8 Å². The lowest BCUT2D eigenvalue weighted by molar-refractivity contribution is 0.101. The van der Waals surface area contributed by atoms with Crippen LogP contribution in [-0.4, -0.2) is 76.9 Å². The second kappa shape index (κ2) is 11.6. The van der Waals surface area contributed by atoms with Crippen LogP contribution < -0.4 is 20.1 Å². The molecule has 3 aromatic rings. The predicted molar refractivity (Wildman–Crippen MR) is 145 cm³/mol. The number of methoxy groups -OCH3 is 2. The van der Waals surface area contributed by atoms with Gasteiger partial charge >= 0.3 is 0 Å². The summed E-state index contributed by atoms with van der Waals surface area (Å²) in [7, 11) is 1.09. The van der Waals surface area contributed by atoms with Gasteiger partial charge in [-0.2, -0.15) is 4.31 Å². The predicted octanol–water partition coefficient (Wildman–Crippen LogP) is 3.14. The van der Waals surface area contributed by atoms with Gasteiger partial charge < -0.3 is 25.0 Å². The first-order valence-corrected chi connectivity index (χ1v) is 13.4. The van der Waals surface area contributed by atoms with Crippen LogP contribution in [0.5, 0.6) is 11.5 Å². The van der Waals surface area contributed by atoms with Crippen LogP contribution in [0.2, 0.25) is 0 Å². The fraction of sp³-hybridized carbons (Fsp3) is 0.259. The van der Waals surface area contributed by atoms with Gasteiger partial charge in [-0.05, 0) is 37.4 Å². The third-order valence-corrected chi connectivity index (χ3v) is 8.14. The summed E-state index contributed by atoms with van der Waals surface area (Å²) in [5.41, 5.74) is 1.29. The molecule has 0 bridgehead atoms. The first-order valence-electron chi connectivity index (χ1n) is 12.0. The highest BCUT2D eigenvalue weighted by Crippen LogP contribution is 2.37. The number of nitrogens with one attached hydrogen (secondary N) is 2. The molecule has 38 heavy (non-hydrogen) atoms. The number of likely N-dealkylation sites (N-methyl/N-ethyl adjacent to an activating group) is 1. The molecule has 1 aliphatic heterocycles. The maximum absolute atomic E-state index is 13.1. The molecule has 0 saturated carbocycles. The van der Waals surface area contributed by atoms with Crippen molar-refractivity contribution in [2.24, 2.45) is 0 Å². The Morgan fingerprint density at radius 3 is 1.82 bits per heavy atom. The Morgan fingerprint density at radius 1 is 0.737 bits per heavy atom. The fourth-order valence-corrected chi connectivity index (χ4v) is 5.52. The highest BCUT2D eigenvalue weighted by atomic mass is 32.2. The molecule has 0 radical (unpaired) electrons. The first kappa shape index (κ1) is 27.1. The van der Waals surface area contributed by atoms with E-state index in [9.17, 15) is 18.0 Å². The lowest BCUT2D eigenvalue weighted by atomic mass is 10.1. The summed E-state index contributed by atoms with van der Waals surface area (Å²) in [4.78, 5) is 27.9. The number of hydrogen-bond acceptors (Lipinski definition) is 7. The average molecular weight is 539 g/mol. The normalized spacial score (nSPS) is 14.5. The number of carbonyl (C=O) groups is 2. The number of carbonyl (C=O) groups excluding carboxylic acids is 2. The molecule has 1 fully saturated rings. The molecule has 11 heteroatoms. The zero-order valence-electron chi connectivity index (χ0n) is 21.4. The Bertz CT molecular complexity index is 1420. The van der Waals surface area contributed by atoms with Gasteiger partial charge in [0.05, 0.1) is 30.5 Å². The smallest absolute Gasteiger partial charge is 0.255 e. The number of benzene rings is 3. The van der Waals surface area contributed by atoms with E-state index in [2.05, 4.69) is 15.5 Å². The molecule has 0 atom stereocenters. The number of nitrogens with zero attached hydrogens (tertiary/aromatic N) is 2. The molecule has 0 unspecified atom stereocenters. The van der Waals surface area contributed by atoms with Crippen molar-refractivity contribution in [3.63, 3.8) is 0 Å². The van der Waals surface area contributed by atoms with E-state index in [1.165, 1.54) is 48.9 Å². The number of amides is 2. The van der Waals surface area contributed by atoms with Gasteiger partial charge in [-0.25, -0.2) is 8.42 Å². The molecular formula is C27H30N4O6S. The molecule has 0 aliphatic carbocycles. The summed E-state index contributed by atoms with van der Waals surface area (Å²) < 4.78 is 38.6. The lowest BCUT2D eigenvalue weighted by Gasteiger charge is -2.31. The summed E-state index contributed by atoms with van der Waals surface area (Å²) in [6.07, 6.45) is 0. The van der Waals surface area contributed by atoms with Crippen LogP contribution in [0.15, 0.2) is 71.6 Å². The Morgan fingerprint density at radius 2 is 1.26 bits per heavy atom. The average Bonchev–Trinajstić information content (AvgIpc) is 2.94. The summed E-state index contributed by atoms with van der Waals surface area (Å²) in [5, 5.41) is 5.55. The molecule has 1 heterocycles. The van der Waals surface area contributed by atoms with E-state index >= 15 is 0 Å². The van der Waals surface area contributed by atoms with E-state index in [1.807, 2.05) is 13.1 Å². The standard InChI is InChI=1S/C27H30N4O6S/c1-30-12-14-31(15-13-30)38(34,35)21-11-7-10-20(16-21)27(33)29-23-18-24(36-2)22(17-25(23)37-3)28-26(32)19-8-5-4-6-9-19/h4-11,16-18H,12-15H2,1-3H3,(H,28,32)(H,29,33). The van der Waals surface area contributed by atoms with Crippen molar-refractivity contribution in [2.45, 2.75) is 4.90 Å². The monoisotopic (exact) mass is 538 g/mol. The Labute approximate surface area is 222 Å². The summed E-state index contributed by atoms with van der Waals surface area (Å²) in [6.45, 7) is 2.06. The number of sulfonamides is 1. The molecule has 0 aromatic heterocycles. The Balaban J connectivity index is 1.56. The molecule has 1 aliphatic rings. The largest absolute Gasteiger partial charge is 0.494 e. The van der Waals surface area contributed by atoms with Crippen molar-refractivity contribution in [3.8, 4) is 11.5 Å². The zero-order chi connectivity index (χ0) is 27.3. The molecule has 3 aromatic carbocycles. The van der Waals surface area contributed by atoms with E-state index in [0.29, 0.717) is 48.9 Å². The van der Waals surface area contributed by atoms with Gasteiger partial charge in [0.1, 0.15) is 11.5 Å². The summed E-state index contributed by atoms with van der Waals surface area (Å²) >= 11 is 0. The van der Waals surface area contributed by atoms with Gasteiger partial charge in [0.2, 0.25) is 10.0 Å². The van der Waals surface area contributed by atoms with Crippen LogP contribution in [0.4, 0.5) is 11.4 Å².